The van der Waals surface area contributed by atoms with Crippen molar-refractivity contribution in [2.24, 2.45) is 0 Å². The first-order valence-electron chi connectivity index (χ1n) is 9.19. The van der Waals surface area contributed by atoms with Gasteiger partial charge < -0.3 is 15.0 Å². The van der Waals surface area contributed by atoms with Crippen molar-refractivity contribution in [1.29, 1.82) is 0 Å². The molecule has 136 valence electrons. The van der Waals surface area contributed by atoms with Gasteiger partial charge in [0.15, 0.2) is 0 Å². The number of piperidine rings is 1. The molecule has 1 N–H and O–H groups in total. The first-order chi connectivity index (χ1) is 12.7. The Morgan fingerprint density at radius 2 is 1.96 bits per heavy atom. The number of rotatable bonds is 5. The number of anilines is 1. The average Bonchev–Trinajstić information content (AvgIpc) is 3.51. The number of hydrogen-bond donors (Lipinski definition) is 1. The van der Waals surface area contributed by atoms with E-state index in [1.807, 2.05) is 30.3 Å². The summed E-state index contributed by atoms with van der Waals surface area (Å²) in [4.78, 5) is 23.8. The van der Waals surface area contributed by atoms with Gasteiger partial charge in [-0.3, -0.25) is 4.79 Å². The molecule has 1 aliphatic carbocycles. The van der Waals surface area contributed by atoms with E-state index in [2.05, 4.69) is 20.2 Å². The summed E-state index contributed by atoms with van der Waals surface area (Å²) in [5.74, 6) is 1.70. The molecule has 1 aromatic carbocycles. The summed E-state index contributed by atoms with van der Waals surface area (Å²) in [6.45, 7) is 1.69. The second-order valence-corrected chi connectivity index (χ2v) is 7.12. The van der Waals surface area contributed by atoms with Crippen molar-refractivity contribution in [1.82, 2.24) is 15.3 Å². The van der Waals surface area contributed by atoms with Crippen molar-refractivity contribution in [3.8, 4) is 5.75 Å². The van der Waals surface area contributed by atoms with Gasteiger partial charge in [0.25, 0.3) is 0 Å². The van der Waals surface area contributed by atoms with E-state index < -0.39 is 0 Å². The van der Waals surface area contributed by atoms with Crippen molar-refractivity contribution in [2.75, 3.05) is 25.1 Å². The Balaban J connectivity index is 1.42. The Bertz CT molecular complexity index is 759. The van der Waals surface area contributed by atoms with Gasteiger partial charge >= 0.3 is 0 Å². The molecule has 2 fully saturated rings. The minimum Gasteiger partial charge on any atom is -0.497 e. The van der Waals surface area contributed by atoms with E-state index in [9.17, 15) is 4.79 Å². The standard InChI is InChI=1S/C20H24N4O2/c1-26-17-7-5-15(6-8-17)20(9-10-20)18(25)23-16-4-2-13-24(14-16)19-21-11-3-12-22-19/h3,5-8,11-12,16H,2,4,9-10,13-14H2,1H3,(H,23,25)/t16-/m0/s1. The molecule has 0 unspecified atom stereocenters. The van der Waals surface area contributed by atoms with Gasteiger partial charge in [-0.1, -0.05) is 12.1 Å². The fourth-order valence-corrected chi connectivity index (χ4v) is 3.74. The van der Waals surface area contributed by atoms with Crippen LogP contribution in [0, 0.1) is 0 Å². The third-order valence-corrected chi connectivity index (χ3v) is 5.42. The van der Waals surface area contributed by atoms with E-state index in [1.54, 1.807) is 19.5 Å². The van der Waals surface area contributed by atoms with Crippen molar-refractivity contribution in [3.63, 3.8) is 0 Å². The van der Waals surface area contributed by atoms with Crippen LogP contribution >= 0.6 is 0 Å². The van der Waals surface area contributed by atoms with Crippen LogP contribution < -0.4 is 15.0 Å². The molecule has 1 saturated carbocycles. The predicted molar refractivity (Wildman–Crippen MR) is 99.3 cm³/mol. The number of benzene rings is 1. The largest absolute Gasteiger partial charge is 0.497 e. The number of nitrogens with zero attached hydrogens (tertiary/aromatic N) is 3. The highest BCUT2D eigenvalue weighted by Crippen LogP contribution is 2.48. The smallest absolute Gasteiger partial charge is 0.230 e. The van der Waals surface area contributed by atoms with E-state index in [0.29, 0.717) is 0 Å². The van der Waals surface area contributed by atoms with Crippen LogP contribution in [0.25, 0.3) is 0 Å². The second-order valence-electron chi connectivity index (χ2n) is 7.12. The Hall–Kier alpha value is -2.63. The maximum atomic E-state index is 13.0. The van der Waals surface area contributed by atoms with E-state index in [-0.39, 0.29) is 17.4 Å². The SMILES string of the molecule is COc1ccc(C2(C(=O)N[C@H]3CCCN(c4ncccn4)C3)CC2)cc1. The molecule has 1 atom stereocenters. The van der Waals surface area contributed by atoms with Gasteiger partial charge in [0.05, 0.1) is 12.5 Å². The molecule has 2 aliphatic rings. The number of methoxy groups -OCH3 is 1. The van der Waals surface area contributed by atoms with Gasteiger partial charge in [-0.2, -0.15) is 0 Å². The van der Waals surface area contributed by atoms with Crippen LogP contribution in [0.2, 0.25) is 0 Å². The number of hydrogen-bond acceptors (Lipinski definition) is 5. The molecule has 26 heavy (non-hydrogen) atoms. The molecular weight excluding hydrogens is 328 g/mol. The molecule has 0 bridgehead atoms. The fraction of sp³-hybridized carbons (Fsp3) is 0.450. The summed E-state index contributed by atoms with van der Waals surface area (Å²) in [5.41, 5.74) is 0.715. The lowest BCUT2D eigenvalue weighted by molar-refractivity contribution is -0.124. The van der Waals surface area contributed by atoms with Crippen molar-refractivity contribution in [3.05, 3.63) is 48.3 Å². The predicted octanol–water partition coefficient (Wildman–Crippen LogP) is 2.30. The van der Waals surface area contributed by atoms with E-state index in [4.69, 9.17) is 4.74 Å². The fourth-order valence-electron chi connectivity index (χ4n) is 3.74. The first-order valence-corrected chi connectivity index (χ1v) is 9.19. The molecule has 0 radical (unpaired) electrons. The van der Waals surface area contributed by atoms with Gasteiger partial charge in [0.1, 0.15) is 5.75 Å². The summed E-state index contributed by atoms with van der Waals surface area (Å²) in [7, 11) is 1.65. The summed E-state index contributed by atoms with van der Waals surface area (Å²) in [6.07, 6.45) is 7.35. The number of carbonyl (C=O) groups is 1. The summed E-state index contributed by atoms with van der Waals surface area (Å²) in [6, 6.07) is 9.83. The zero-order chi connectivity index (χ0) is 18.0. The van der Waals surface area contributed by atoms with Crippen LogP contribution in [0.3, 0.4) is 0 Å². The minimum atomic E-state index is -0.363. The van der Waals surface area contributed by atoms with Crippen LogP contribution in [0.5, 0.6) is 5.75 Å². The molecule has 1 amide bonds. The van der Waals surface area contributed by atoms with Crippen LogP contribution in [-0.4, -0.2) is 42.1 Å². The molecule has 1 aromatic heterocycles. The summed E-state index contributed by atoms with van der Waals surface area (Å²) >= 11 is 0. The topological polar surface area (TPSA) is 67.3 Å². The van der Waals surface area contributed by atoms with Crippen LogP contribution in [0.1, 0.15) is 31.2 Å². The van der Waals surface area contributed by atoms with Crippen LogP contribution in [0.15, 0.2) is 42.7 Å². The molecule has 1 saturated heterocycles. The second kappa shape index (κ2) is 6.94. The first kappa shape index (κ1) is 16.8. The molecule has 2 heterocycles. The Kier molecular flexibility index (Phi) is 4.49. The van der Waals surface area contributed by atoms with E-state index >= 15 is 0 Å². The van der Waals surface area contributed by atoms with E-state index in [1.165, 1.54) is 0 Å². The van der Waals surface area contributed by atoms with Crippen molar-refractivity contribution in [2.45, 2.75) is 37.1 Å². The zero-order valence-electron chi connectivity index (χ0n) is 15.0. The maximum absolute atomic E-state index is 13.0. The van der Waals surface area contributed by atoms with Gasteiger partial charge in [-0.25, -0.2) is 9.97 Å². The highest BCUT2D eigenvalue weighted by atomic mass is 16.5. The molecule has 1 aliphatic heterocycles. The molecule has 2 aromatic rings. The molecule has 0 spiro atoms. The number of carbonyl (C=O) groups excluding carboxylic acids is 1. The maximum Gasteiger partial charge on any atom is 0.230 e. The number of nitrogens with one attached hydrogen (secondary N) is 1. The van der Waals surface area contributed by atoms with Gasteiger partial charge in [0, 0.05) is 31.5 Å². The summed E-state index contributed by atoms with van der Waals surface area (Å²) in [5, 5.41) is 3.28. The monoisotopic (exact) mass is 352 g/mol. The molecular formula is C20H24N4O2. The Morgan fingerprint density at radius 3 is 2.62 bits per heavy atom. The lowest BCUT2D eigenvalue weighted by atomic mass is 9.94. The molecule has 6 heteroatoms. The van der Waals surface area contributed by atoms with Gasteiger partial charge in [-0.05, 0) is 49.4 Å². The summed E-state index contributed by atoms with van der Waals surface area (Å²) < 4.78 is 5.22. The lowest BCUT2D eigenvalue weighted by Crippen LogP contribution is -2.50. The third kappa shape index (κ3) is 3.23. The number of ether oxygens (including phenoxy) is 1. The van der Waals surface area contributed by atoms with Crippen LogP contribution in [0.4, 0.5) is 5.95 Å². The average molecular weight is 352 g/mol. The highest BCUT2D eigenvalue weighted by Gasteiger charge is 2.51. The molecule has 4 rings (SSSR count). The number of aromatic nitrogens is 2. The Morgan fingerprint density at radius 1 is 1.23 bits per heavy atom. The number of amides is 1. The minimum absolute atomic E-state index is 0.135. The van der Waals surface area contributed by atoms with Gasteiger partial charge in [0.2, 0.25) is 11.9 Å². The normalized spacial score (nSPS) is 21.1. The zero-order valence-corrected chi connectivity index (χ0v) is 15.0. The Labute approximate surface area is 153 Å². The third-order valence-electron chi connectivity index (χ3n) is 5.42. The highest BCUT2D eigenvalue weighted by molar-refractivity contribution is 5.91. The van der Waals surface area contributed by atoms with E-state index in [0.717, 1.165) is 56.0 Å². The van der Waals surface area contributed by atoms with Gasteiger partial charge in [-0.15, -0.1) is 0 Å². The molecule has 6 nitrogen and oxygen atoms in total. The van der Waals surface area contributed by atoms with Crippen molar-refractivity contribution >= 4 is 11.9 Å². The van der Waals surface area contributed by atoms with Crippen molar-refractivity contribution < 1.29 is 9.53 Å². The quantitative estimate of drug-likeness (QED) is 0.894. The van der Waals surface area contributed by atoms with Crippen LogP contribution in [-0.2, 0) is 10.2 Å². The lowest BCUT2D eigenvalue weighted by Gasteiger charge is -2.34.